The first kappa shape index (κ1) is 33.4. The molecule has 244 valence electrons. The van der Waals surface area contributed by atoms with Crippen LogP contribution < -0.4 is 4.74 Å². The summed E-state index contributed by atoms with van der Waals surface area (Å²) in [4.78, 5) is 4.79. The minimum atomic E-state index is 0. The molecule has 3 aromatic heterocycles. The Morgan fingerprint density at radius 2 is 1.56 bits per heavy atom. The van der Waals surface area contributed by atoms with Gasteiger partial charge in [-0.05, 0) is 102 Å². The third-order valence-electron chi connectivity index (χ3n) is 9.03. The van der Waals surface area contributed by atoms with Gasteiger partial charge in [0.15, 0.2) is 0 Å². The van der Waals surface area contributed by atoms with Gasteiger partial charge in [0.05, 0.1) is 6.20 Å². The second-order valence-corrected chi connectivity index (χ2v) is 12.8. The first-order valence-corrected chi connectivity index (χ1v) is 16.6. The van der Waals surface area contributed by atoms with Gasteiger partial charge < -0.3 is 9.30 Å². The van der Waals surface area contributed by atoms with Crippen LogP contribution >= 0.6 is 0 Å². The molecule has 0 N–H and O–H groups in total. The van der Waals surface area contributed by atoms with Crippen LogP contribution in [-0.2, 0) is 40.3 Å². The van der Waals surface area contributed by atoms with E-state index < -0.39 is 0 Å². The van der Waals surface area contributed by atoms with Crippen molar-refractivity contribution in [1.82, 2.24) is 19.3 Å². The largest absolute Gasteiger partial charge is 2.00 e. The molecule has 0 bridgehead atoms. The Morgan fingerprint density at radius 1 is 0.812 bits per heavy atom. The Labute approximate surface area is 297 Å². The molecule has 4 aromatic carbocycles. The van der Waals surface area contributed by atoms with Crippen LogP contribution in [-0.4, -0.2) is 19.3 Å². The summed E-state index contributed by atoms with van der Waals surface area (Å²) in [6.45, 7) is 13.4. The van der Waals surface area contributed by atoms with E-state index in [4.69, 9.17) is 14.8 Å². The SMILES string of the molecule is CCc1c(C)cc(C)c(CC)c1-c1cnn(-c2[c-]c(Oc3[c-]c4c(cc3)c3ccccc3n4-c3cc(CC(C)C)ccn3)ccc2)c1.[Pt+2]. The minimum Gasteiger partial charge on any atom is -0.509 e. The van der Waals surface area contributed by atoms with Gasteiger partial charge in [0.1, 0.15) is 5.82 Å². The van der Waals surface area contributed by atoms with E-state index in [0.29, 0.717) is 17.4 Å². The van der Waals surface area contributed by atoms with Crippen LogP contribution in [0.15, 0.2) is 91.4 Å². The normalized spacial score (nSPS) is 11.4. The van der Waals surface area contributed by atoms with Gasteiger partial charge >= 0.3 is 21.1 Å². The number of benzene rings is 4. The molecule has 0 unspecified atom stereocenters. The number of hydrogen-bond donors (Lipinski definition) is 0. The second kappa shape index (κ2) is 13.9. The fourth-order valence-electron chi connectivity index (χ4n) is 7.02. The molecule has 0 fully saturated rings. The molecule has 7 aromatic rings. The van der Waals surface area contributed by atoms with Crippen molar-refractivity contribution in [2.75, 3.05) is 0 Å². The van der Waals surface area contributed by atoms with Crippen molar-refractivity contribution in [3.63, 3.8) is 0 Å². The molecule has 0 saturated heterocycles. The van der Waals surface area contributed by atoms with Crippen molar-refractivity contribution in [2.45, 2.75) is 60.8 Å². The van der Waals surface area contributed by atoms with Crippen molar-refractivity contribution in [3.8, 4) is 34.1 Å². The Kier molecular flexibility index (Phi) is 9.71. The summed E-state index contributed by atoms with van der Waals surface area (Å²) in [6, 6.07) is 32.1. The van der Waals surface area contributed by atoms with Crippen LogP contribution in [0, 0.1) is 31.9 Å². The Balaban J connectivity index is 0.00000401. The number of hydrogen-bond acceptors (Lipinski definition) is 3. The van der Waals surface area contributed by atoms with Crippen molar-refractivity contribution in [1.29, 1.82) is 0 Å². The van der Waals surface area contributed by atoms with Crippen LogP contribution in [0.3, 0.4) is 0 Å². The van der Waals surface area contributed by atoms with E-state index in [1.54, 1.807) is 0 Å². The van der Waals surface area contributed by atoms with Crippen LogP contribution in [0.5, 0.6) is 11.5 Å². The molecular weight excluding hydrogens is 772 g/mol. The summed E-state index contributed by atoms with van der Waals surface area (Å²) >= 11 is 0. The molecular formula is C42H40N4OPt. The van der Waals surface area contributed by atoms with Gasteiger partial charge in [-0.15, -0.1) is 35.7 Å². The summed E-state index contributed by atoms with van der Waals surface area (Å²) < 4.78 is 10.5. The summed E-state index contributed by atoms with van der Waals surface area (Å²) in [5.41, 5.74) is 12.0. The molecule has 0 saturated carbocycles. The first-order valence-electron chi connectivity index (χ1n) is 16.6. The zero-order valence-electron chi connectivity index (χ0n) is 28.4. The number of rotatable bonds is 9. The standard InChI is InChI=1S/C42H40N4O.Pt/c1-7-35-28(5)21-29(6)36(8-2)42(35)31-25-44-45(26-31)32-12-11-13-33(23-32)47-34-16-17-38-37-14-9-10-15-39(37)46(40(38)24-34)41-22-30(18-19-43-41)20-27(3)4;/h9-19,21-22,25-27H,7-8,20H2,1-6H3;/q-2;+2. The van der Waals surface area contributed by atoms with Gasteiger partial charge in [-0.1, -0.05) is 57.5 Å². The third-order valence-corrected chi connectivity index (χ3v) is 9.03. The van der Waals surface area contributed by atoms with E-state index in [9.17, 15) is 0 Å². The molecule has 3 heterocycles. The van der Waals surface area contributed by atoms with Crippen molar-refractivity contribution < 1.29 is 25.8 Å². The van der Waals surface area contributed by atoms with E-state index in [-0.39, 0.29) is 21.1 Å². The fraction of sp³-hybridized carbons (Fsp3) is 0.238. The number of ether oxygens (including phenoxy) is 1. The maximum absolute atomic E-state index is 6.42. The molecule has 5 nitrogen and oxygen atoms in total. The maximum atomic E-state index is 6.42. The number of nitrogens with zero attached hydrogens (tertiary/aromatic N) is 4. The fourth-order valence-corrected chi connectivity index (χ4v) is 7.02. The smallest absolute Gasteiger partial charge is 0.509 e. The molecule has 6 heteroatoms. The maximum Gasteiger partial charge on any atom is 2.00 e. The third kappa shape index (κ3) is 6.24. The first-order chi connectivity index (χ1) is 22.8. The van der Waals surface area contributed by atoms with E-state index >= 15 is 0 Å². The van der Waals surface area contributed by atoms with Gasteiger partial charge in [0, 0.05) is 35.0 Å². The number of pyridine rings is 1. The predicted molar refractivity (Wildman–Crippen MR) is 192 cm³/mol. The zero-order valence-corrected chi connectivity index (χ0v) is 30.6. The summed E-state index contributed by atoms with van der Waals surface area (Å²) in [5.74, 6) is 2.66. The Bertz CT molecular complexity index is 2210. The second-order valence-electron chi connectivity index (χ2n) is 12.8. The van der Waals surface area contributed by atoms with Gasteiger partial charge in [-0.2, -0.15) is 17.2 Å². The monoisotopic (exact) mass is 811 g/mol. The molecule has 0 radical (unpaired) electrons. The van der Waals surface area contributed by atoms with Crippen molar-refractivity contribution in [3.05, 3.63) is 131 Å². The van der Waals surface area contributed by atoms with E-state index in [0.717, 1.165) is 58.1 Å². The summed E-state index contributed by atoms with van der Waals surface area (Å²) in [7, 11) is 0. The molecule has 7 rings (SSSR count). The number of fused-ring (bicyclic) bond motifs is 3. The van der Waals surface area contributed by atoms with Crippen molar-refractivity contribution >= 4 is 21.8 Å². The van der Waals surface area contributed by atoms with E-state index in [2.05, 4.69) is 113 Å². The molecule has 0 aliphatic carbocycles. The molecule has 48 heavy (non-hydrogen) atoms. The Hall–Kier alpha value is -4.47. The van der Waals surface area contributed by atoms with Gasteiger partial charge in [-0.3, -0.25) is 4.68 Å². The van der Waals surface area contributed by atoms with Gasteiger partial charge in [-0.25, -0.2) is 4.98 Å². The molecule has 0 aliphatic heterocycles. The molecule has 0 amide bonds. The zero-order chi connectivity index (χ0) is 32.7. The van der Waals surface area contributed by atoms with Crippen LogP contribution in [0.4, 0.5) is 0 Å². The number of aromatic nitrogens is 4. The summed E-state index contributed by atoms with van der Waals surface area (Å²) in [6.07, 6.45) is 8.95. The van der Waals surface area contributed by atoms with Crippen LogP contribution in [0.2, 0.25) is 0 Å². The van der Waals surface area contributed by atoms with E-state index in [1.807, 2.05) is 41.3 Å². The minimum absolute atomic E-state index is 0. The Morgan fingerprint density at radius 3 is 2.31 bits per heavy atom. The predicted octanol–water partition coefficient (Wildman–Crippen LogP) is 10.4. The van der Waals surface area contributed by atoms with Crippen molar-refractivity contribution in [2.24, 2.45) is 5.92 Å². The average molecular weight is 812 g/mol. The topological polar surface area (TPSA) is 44.9 Å². The van der Waals surface area contributed by atoms with Crippen LogP contribution in [0.25, 0.3) is 44.4 Å². The summed E-state index contributed by atoms with van der Waals surface area (Å²) in [5, 5.41) is 7.03. The van der Waals surface area contributed by atoms with Gasteiger partial charge in [0.2, 0.25) is 0 Å². The molecule has 0 aliphatic rings. The quantitative estimate of drug-likeness (QED) is 0.136. The average Bonchev–Trinajstić information content (AvgIpc) is 3.68. The number of para-hydroxylation sites is 1. The molecule has 0 spiro atoms. The number of aryl methyl sites for hydroxylation is 2. The van der Waals surface area contributed by atoms with E-state index in [1.165, 1.54) is 33.4 Å². The molecule has 0 atom stereocenters. The van der Waals surface area contributed by atoms with Crippen LogP contribution in [0.1, 0.15) is 55.5 Å². The van der Waals surface area contributed by atoms with Gasteiger partial charge in [0.25, 0.3) is 0 Å².